The second-order valence-corrected chi connectivity index (χ2v) is 15.7. The number of para-hydroxylation sites is 1. The second-order valence-electron chi connectivity index (χ2n) is 15.7. The molecule has 0 saturated heterocycles. The van der Waals surface area contributed by atoms with Gasteiger partial charge in [0.25, 0.3) is 0 Å². The number of Topliss-reactive ketones (excluding diaryl/α,β-unsaturated/α-hetero) is 1. The predicted octanol–water partition coefficient (Wildman–Crippen LogP) is 8.09. The molecule has 0 bridgehead atoms. The first-order chi connectivity index (χ1) is 31.3. The van der Waals surface area contributed by atoms with Crippen LogP contribution in [0.3, 0.4) is 0 Å². The van der Waals surface area contributed by atoms with Crippen molar-refractivity contribution in [3.8, 4) is 22.5 Å². The molecule has 0 radical (unpaired) electrons. The molecule has 0 spiro atoms. The predicted molar refractivity (Wildman–Crippen MR) is 263 cm³/mol. The van der Waals surface area contributed by atoms with Crippen LogP contribution in [0.1, 0.15) is 73.4 Å². The van der Waals surface area contributed by atoms with Crippen molar-refractivity contribution in [3.05, 3.63) is 103 Å². The summed E-state index contributed by atoms with van der Waals surface area (Å²) < 4.78 is 5.19. The molecule has 6 aromatic rings. The topological polar surface area (TPSA) is 182 Å². The lowest BCUT2D eigenvalue weighted by Gasteiger charge is -2.17. The van der Waals surface area contributed by atoms with Gasteiger partial charge in [-0.3, -0.25) is 14.2 Å². The van der Waals surface area contributed by atoms with E-state index in [4.69, 9.17) is 10.7 Å². The van der Waals surface area contributed by atoms with E-state index in [2.05, 4.69) is 84.6 Å². The van der Waals surface area contributed by atoms with Gasteiger partial charge in [-0.15, -0.1) is 15.3 Å². The van der Waals surface area contributed by atoms with Crippen LogP contribution in [-0.4, -0.2) is 124 Å². The Hall–Kier alpha value is -6.88. The first kappa shape index (κ1) is 50.8. The van der Waals surface area contributed by atoms with E-state index in [0.717, 1.165) is 102 Å². The number of aliphatic imine (C=N–C) groups is 3. The Bertz CT molecular complexity index is 2430. The summed E-state index contributed by atoms with van der Waals surface area (Å²) in [4.78, 5) is 31.4. The number of nitrogens with two attached hydrogens (primary N) is 1. The van der Waals surface area contributed by atoms with Crippen LogP contribution in [0.5, 0.6) is 0 Å². The van der Waals surface area contributed by atoms with Gasteiger partial charge < -0.3 is 20.4 Å². The van der Waals surface area contributed by atoms with Crippen LogP contribution in [0.15, 0.2) is 112 Å². The Morgan fingerprint density at radius 2 is 1.05 bits per heavy atom. The number of aromatic nitrogens is 9. The minimum absolute atomic E-state index is 0.0504. The number of hydrogen-bond donors (Lipinski definition) is 1. The highest BCUT2D eigenvalue weighted by atomic mass is 16.1. The maximum Gasteiger partial charge on any atom is 0.151 e. The van der Waals surface area contributed by atoms with Gasteiger partial charge >= 0.3 is 0 Å². The summed E-state index contributed by atoms with van der Waals surface area (Å²) in [6, 6.07) is 25.9. The third-order valence-electron chi connectivity index (χ3n) is 9.95. The van der Waals surface area contributed by atoms with E-state index in [1.54, 1.807) is 15.6 Å². The summed E-state index contributed by atoms with van der Waals surface area (Å²) in [5.74, 6) is 2.98. The SMILES string of the molecule is CC(=Nc1ccccc1)N(C)Cc1cn(CCN)nn1.CCCN(C)C(C)=Nc1cccc(-c2cn(CC(C)=O)nn2)c1.CCCN(C)C(C)=Nc1cccc(-c2cn(CCC)nn2)c1. The number of aryl methyl sites for hydroxylation is 1. The highest BCUT2D eigenvalue weighted by Gasteiger charge is 2.09. The van der Waals surface area contributed by atoms with Gasteiger partial charge in [0.1, 0.15) is 41.1 Å². The number of nitrogens with zero attached hydrogens (tertiary/aromatic N) is 15. The molecule has 0 fully saturated rings. The quantitative estimate of drug-likeness (QED) is 0.0691. The molecule has 0 amide bonds. The molecule has 0 saturated carbocycles. The van der Waals surface area contributed by atoms with Crippen LogP contribution in [0.2, 0.25) is 0 Å². The van der Waals surface area contributed by atoms with E-state index in [1.165, 1.54) is 6.92 Å². The van der Waals surface area contributed by atoms with E-state index < -0.39 is 0 Å². The maximum absolute atomic E-state index is 11.1. The lowest BCUT2D eigenvalue weighted by molar-refractivity contribution is -0.117. The fourth-order valence-electron chi connectivity index (χ4n) is 6.30. The van der Waals surface area contributed by atoms with E-state index in [-0.39, 0.29) is 12.3 Å². The average Bonchev–Trinajstić information content (AvgIpc) is 4.07. The van der Waals surface area contributed by atoms with Crippen LogP contribution >= 0.6 is 0 Å². The molecule has 0 aliphatic rings. The van der Waals surface area contributed by atoms with Crippen LogP contribution in [0.25, 0.3) is 22.5 Å². The molecular weight excluding hydrogens is 817 g/mol. The zero-order chi connectivity index (χ0) is 47.1. The van der Waals surface area contributed by atoms with Crippen molar-refractivity contribution >= 4 is 40.4 Å². The van der Waals surface area contributed by atoms with Gasteiger partial charge in [0.15, 0.2) is 5.78 Å². The molecule has 3 heterocycles. The lowest BCUT2D eigenvalue weighted by atomic mass is 10.1. The van der Waals surface area contributed by atoms with Gasteiger partial charge in [-0.1, -0.05) is 78.9 Å². The second kappa shape index (κ2) is 26.7. The van der Waals surface area contributed by atoms with Crippen molar-refractivity contribution in [1.82, 2.24) is 59.7 Å². The first-order valence-electron chi connectivity index (χ1n) is 22.3. The monoisotopic (exact) mass is 885 g/mol. The Labute approximate surface area is 384 Å². The van der Waals surface area contributed by atoms with Crippen molar-refractivity contribution in [2.75, 3.05) is 40.8 Å². The van der Waals surface area contributed by atoms with Crippen LogP contribution in [0, 0.1) is 0 Å². The van der Waals surface area contributed by atoms with Gasteiger partial charge in [-0.2, -0.15) is 0 Å². The zero-order valence-electron chi connectivity index (χ0n) is 40.0. The molecule has 346 valence electrons. The average molecular weight is 885 g/mol. The molecule has 0 atom stereocenters. The summed E-state index contributed by atoms with van der Waals surface area (Å²) >= 11 is 0. The standard InChI is InChI=1S/C17H23N5O.C17H25N5.C14H20N6/c1-5-9-21(4)14(3)18-16-8-6-7-15(10-16)17-12-22(20-19-17)11-13(2)23;1-5-10-21(4)14(3)18-16-9-7-8-15(12-16)17-13-22(11-6-2)20-19-17;1-12(16-13-6-4-3-5-7-13)19(2)10-14-11-20(9-8-15)18-17-14/h6-8,10,12H,5,9,11H2,1-4H3;7-9,12-13H,5-6,10-11H2,1-4H3;3-7,11H,8-10,15H2,1-2H3. The minimum atomic E-state index is 0.0504. The molecule has 17 nitrogen and oxygen atoms in total. The number of hydrogen-bond acceptors (Lipinski definition) is 11. The number of rotatable bonds is 17. The molecule has 3 aromatic carbocycles. The molecule has 2 N–H and O–H groups in total. The Morgan fingerprint density at radius 3 is 1.57 bits per heavy atom. The van der Waals surface area contributed by atoms with Gasteiger partial charge in [-0.05, 0) is 83.4 Å². The molecule has 3 aromatic heterocycles. The van der Waals surface area contributed by atoms with Gasteiger partial charge in [0, 0.05) is 58.4 Å². The number of ketones is 1. The lowest BCUT2D eigenvalue weighted by Crippen LogP contribution is -2.24. The van der Waals surface area contributed by atoms with E-state index in [1.807, 2.05) is 130 Å². The molecule has 0 unspecified atom stereocenters. The fourth-order valence-corrected chi connectivity index (χ4v) is 6.30. The Kier molecular flexibility index (Phi) is 20.8. The number of amidine groups is 3. The summed E-state index contributed by atoms with van der Waals surface area (Å²) in [5.41, 5.74) is 12.8. The van der Waals surface area contributed by atoms with Crippen LogP contribution < -0.4 is 5.73 Å². The summed E-state index contributed by atoms with van der Waals surface area (Å²) in [6.07, 6.45) is 8.94. The summed E-state index contributed by atoms with van der Waals surface area (Å²) in [6.45, 7) is 19.1. The third kappa shape index (κ3) is 17.3. The van der Waals surface area contributed by atoms with Gasteiger partial charge in [-0.25, -0.2) is 19.7 Å². The molecule has 65 heavy (non-hydrogen) atoms. The normalized spacial score (nSPS) is 11.6. The summed E-state index contributed by atoms with van der Waals surface area (Å²) in [5, 5.41) is 24.6. The van der Waals surface area contributed by atoms with Crippen LogP contribution in [-0.2, 0) is 31.0 Å². The molecule has 6 rings (SSSR count). The van der Waals surface area contributed by atoms with Crippen molar-refractivity contribution in [3.63, 3.8) is 0 Å². The minimum Gasteiger partial charge on any atom is -0.363 e. The van der Waals surface area contributed by atoms with Crippen molar-refractivity contribution in [1.29, 1.82) is 0 Å². The first-order valence-corrected chi connectivity index (χ1v) is 22.3. The van der Waals surface area contributed by atoms with Gasteiger partial charge in [0.2, 0.25) is 0 Å². The van der Waals surface area contributed by atoms with Crippen LogP contribution in [0.4, 0.5) is 17.1 Å². The largest absolute Gasteiger partial charge is 0.363 e. The molecular formula is C48H68N16O. The zero-order valence-corrected chi connectivity index (χ0v) is 40.0. The number of carbonyl (C=O) groups is 1. The van der Waals surface area contributed by atoms with E-state index >= 15 is 0 Å². The van der Waals surface area contributed by atoms with Gasteiger partial charge in [0.05, 0.1) is 48.7 Å². The summed E-state index contributed by atoms with van der Waals surface area (Å²) in [7, 11) is 6.10. The molecule has 0 aliphatic heterocycles. The smallest absolute Gasteiger partial charge is 0.151 e. The Morgan fingerprint density at radius 1 is 0.569 bits per heavy atom. The highest BCUT2D eigenvalue weighted by Crippen LogP contribution is 2.24. The number of carbonyl (C=O) groups excluding carboxylic acids is 1. The van der Waals surface area contributed by atoms with Crippen molar-refractivity contribution in [2.45, 2.75) is 93.9 Å². The van der Waals surface area contributed by atoms with Crippen molar-refractivity contribution in [2.24, 2.45) is 20.7 Å². The van der Waals surface area contributed by atoms with Crippen molar-refractivity contribution < 1.29 is 4.79 Å². The molecule has 0 aliphatic carbocycles. The maximum atomic E-state index is 11.1. The Balaban J connectivity index is 0.000000214. The molecule has 17 heteroatoms. The van der Waals surface area contributed by atoms with E-state index in [0.29, 0.717) is 19.6 Å². The third-order valence-corrected chi connectivity index (χ3v) is 9.95. The van der Waals surface area contributed by atoms with E-state index in [9.17, 15) is 4.79 Å². The number of benzene rings is 3. The highest BCUT2D eigenvalue weighted by molar-refractivity contribution is 5.84. The fraction of sp³-hybridized carbons (Fsp3) is 0.417.